The summed E-state index contributed by atoms with van der Waals surface area (Å²) in [5, 5.41) is 0. The topological polar surface area (TPSA) is 94.4 Å². The first-order valence-corrected chi connectivity index (χ1v) is 3.66. The third kappa shape index (κ3) is 2.55. The van der Waals surface area contributed by atoms with Crippen LogP contribution in [0.2, 0.25) is 0 Å². The summed E-state index contributed by atoms with van der Waals surface area (Å²) in [7, 11) is 0. The molecule has 5 nitrogen and oxygen atoms in total. The largest absolute Gasteiger partial charge is 0.370 e. The average molecular weight is 178 g/mol. The lowest BCUT2D eigenvalue weighted by Crippen LogP contribution is -2.22. The molecule has 5 heteroatoms. The summed E-state index contributed by atoms with van der Waals surface area (Å²) in [5.74, 6) is 0.303. The lowest BCUT2D eigenvalue weighted by molar-refractivity contribution is 0.101. The maximum absolute atomic E-state index is 10.9. The van der Waals surface area contributed by atoms with Gasteiger partial charge in [0.05, 0.1) is 0 Å². The second-order valence-electron chi connectivity index (χ2n) is 2.50. The van der Waals surface area contributed by atoms with Gasteiger partial charge in [0.25, 0.3) is 0 Å². The molecule has 1 heterocycles. The molecule has 0 aromatic carbocycles. The number of nitrogens with zero attached hydrogens (tertiary/aromatic N) is 2. The third-order valence-electron chi connectivity index (χ3n) is 1.40. The van der Waals surface area contributed by atoms with Crippen molar-refractivity contribution in [2.24, 2.45) is 16.5 Å². The van der Waals surface area contributed by atoms with Gasteiger partial charge in [0, 0.05) is 11.8 Å². The monoisotopic (exact) mass is 178 g/mol. The number of rotatable bonds is 2. The molecule has 1 rings (SSSR count). The van der Waals surface area contributed by atoms with Gasteiger partial charge in [-0.3, -0.25) is 4.79 Å². The summed E-state index contributed by atoms with van der Waals surface area (Å²) in [4.78, 5) is 18.4. The van der Waals surface area contributed by atoms with Crippen LogP contribution >= 0.6 is 0 Å². The number of aliphatic imine (C=N–C) groups is 1. The number of Topliss-reactive ketones (excluding diaryl/α,β-unsaturated/α-hetero) is 1. The molecule has 0 atom stereocenters. The number of nitrogens with two attached hydrogens (primary N) is 2. The maximum atomic E-state index is 10.9. The van der Waals surface area contributed by atoms with Crippen molar-refractivity contribution in [3.05, 3.63) is 23.9 Å². The van der Waals surface area contributed by atoms with Crippen molar-refractivity contribution in [3.8, 4) is 0 Å². The summed E-state index contributed by atoms with van der Waals surface area (Å²) in [6.07, 6.45) is 1.43. The highest BCUT2D eigenvalue weighted by Gasteiger charge is 1.98. The number of ketones is 1. The predicted molar refractivity (Wildman–Crippen MR) is 49.7 cm³/mol. The molecule has 0 unspecified atom stereocenters. The Hall–Kier alpha value is -1.91. The number of carbonyl (C=O) groups is 1. The summed E-state index contributed by atoms with van der Waals surface area (Å²) < 4.78 is 0. The van der Waals surface area contributed by atoms with Gasteiger partial charge in [-0.25, -0.2) is 4.98 Å². The minimum atomic E-state index is -0.0527. The molecule has 0 amide bonds. The molecule has 0 spiro atoms. The minimum Gasteiger partial charge on any atom is -0.370 e. The Labute approximate surface area is 75.5 Å². The van der Waals surface area contributed by atoms with Gasteiger partial charge < -0.3 is 11.5 Å². The van der Waals surface area contributed by atoms with Gasteiger partial charge in [0.2, 0.25) is 0 Å². The first-order chi connectivity index (χ1) is 6.09. The highest BCUT2D eigenvalue weighted by atomic mass is 16.1. The van der Waals surface area contributed by atoms with Crippen LogP contribution in [-0.4, -0.2) is 16.7 Å². The second-order valence-corrected chi connectivity index (χ2v) is 2.50. The molecule has 68 valence electrons. The van der Waals surface area contributed by atoms with E-state index in [1.807, 2.05) is 0 Å². The molecule has 0 aliphatic carbocycles. The second kappa shape index (κ2) is 3.66. The predicted octanol–water partition coefficient (Wildman–Crippen LogP) is 0.189. The summed E-state index contributed by atoms with van der Waals surface area (Å²) >= 11 is 0. The summed E-state index contributed by atoms with van der Waals surface area (Å²) in [6.45, 7) is 1.47. The van der Waals surface area contributed by atoms with Gasteiger partial charge in [-0.1, -0.05) is 0 Å². The van der Waals surface area contributed by atoms with Gasteiger partial charge in [0.1, 0.15) is 0 Å². The Kier molecular flexibility index (Phi) is 2.59. The first-order valence-electron chi connectivity index (χ1n) is 3.66. The molecule has 0 fully saturated rings. The van der Waals surface area contributed by atoms with E-state index in [9.17, 15) is 4.79 Å². The molecular weight excluding hydrogens is 168 g/mol. The number of hydrogen-bond acceptors (Lipinski definition) is 3. The number of hydrogen-bond donors (Lipinski definition) is 2. The summed E-state index contributed by atoms with van der Waals surface area (Å²) in [6, 6.07) is 3.20. The van der Waals surface area contributed by atoms with Crippen molar-refractivity contribution in [2.75, 3.05) is 0 Å². The van der Waals surface area contributed by atoms with E-state index in [0.717, 1.165) is 0 Å². The van der Waals surface area contributed by atoms with Crippen molar-refractivity contribution < 1.29 is 4.79 Å². The molecule has 0 saturated heterocycles. The van der Waals surface area contributed by atoms with E-state index in [1.165, 1.54) is 13.1 Å². The Morgan fingerprint density at radius 3 is 2.54 bits per heavy atom. The Morgan fingerprint density at radius 1 is 1.46 bits per heavy atom. The fourth-order valence-corrected chi connectivity index (χ4v) is 0.793. The van der Waals surface area contributed by atoms with Gasteiger partial charge in [-0.05, 0) is 19.1 Å². The van der Waals surface area contributed by atoms with Crippen molar-refractivity contribution in [1.82, 2.24) is 4.98 Å². The van der Waals surface area contributed by atoms with Crippen molar-refractivity contribution in [2.45, 2.75) is 6.92 Å². The molecule has 0 bridgehead atoms. The molecule has 13 heavy (non-hydrogen) atoms. The van der Waals surface area contributed by atoms with Crippen LogP contribution in [0.5, 0.6) is 0 Å². The quantitative estimate of drug-likeness (QED) is 0.384. The van der Waals surface area contributed by atoms with Crippen molar-refractivity contribution in [3.63, 3.8) is 0 Å². The fraction of sp³-hybridized carbons (Fsp3) is 0.125. The van der Waals surface area contributed by atoms with Gasteiger partial charge in [0.15, 0.2) is 17.6 Å². The Bertz CT molecular complexity index is 338. The average Bonchev–Trinajstić information content (AvgIpc) is 2.04. The van der Waals surface area contributed by atoms with Crippen LogP contribution in [0.3, 0.4) is 0 Å². The van der Waals surface area contributed by atoms with Crippen LogP contribution in [-0.2, 0) is 0 Å². The highest BCUT2D eigenvalue weighted by molar-refractivity contribution is 5.93. The zero-order valence-electron chi connectivity index (χ0n) is 7.19. The zero-order valence-corrected chi connectivity index (χ0v) is 7.19. The van der Waals surface area contributed by atoms with Crippen LogP contribution in [0.4, 0.5) is 5.82 Å². The fourth-order valence-electron chi connectivity index (χ4n) is 0.793. The molecule has 1 aromatic rings. The van der Waals surface area contributed by atoms with Crippen LogP contribution in [0.15, 0.2) is 23.3 Å². The minimum absolute atomic E-state index is 0.0382. The van der Waals surface area contributed by atoms with Gasteiger partial charge in [-0.15, -0.1) is 0 Å². The molecule has 4 N–H and O–H groups in total. The number of pyridine rings is 1. The molecule has 0 radical (unpaired) electrons. The smallest absolute Gasteiger partial charge is 0.192 e. The van der Waals surface area contributed by atoms with Crippen LogP contribution in [0.1, 0.15) is 17.3 Å². The molecule has 0 aliphatic heterocycles. The third-order valence-corrected chi connectivity index (χ3v) is 1.40. The van der Waals surface area contributed by atoms with E-state index in [-0.39, 0.29) is 11.7 Å². The molecule has 0 aliphatic rings. The van der Waals surface area contributed by atoms with Crippen molar-refractivity contribution >= 4 is 17.6 Å². The number of guanidine groups is 1. The SMILES string of the molecule is CC(=O)c1ccc(N=C(N)N)nc1. The van der Waals surface area contributed by atoms with Crippen LogP contribution < -0.4 is 11.5 Å². The van der Waals surface area contributed by atoms with E-state index in [0.29, 0.717) is 11.4 Å². The van der Waals surface area contributed by atoms with Crippen LogP contribution in [0.25, 0.3) is 0 Å². The van der Waals surface area contributed by atoms with Crippen molar-refractivity contribution in [1.29, 1.82) is 0 Å². The van der Waals surface area contributed by atoms with Crippen LogP contribution in [0, 0.1) is 0 Å². The van der Waals surface area contributed by atoms with E-state index >= 15 is 0 Å². The molecular formula is C8H10N4O. The van der Waals surface area contributed by atoms with Gasteiger partial charge in [-0.2, -0.15) is 4.99 Å². The maximum Gasteiger partial charge on any atom is 0.192 e. The normalized spacial score (nSPS) is 9.31. The standard InChI is InChI=1S/C8H10N4O/c1-5(13)6-2-3-7(11-4-6)12-8(9)10/h2-4H,1H3,(H4,9,10,11,12). The highest BCUT2D eigenvalue weighted by Crippen LogP contribution is 2.08. The molecule has 1 aromatic heterocycles. The van der Waals surface area contributed by atoms with Gasteiger partial charge >= 0.3 is 0 Å². The lowest BCUT2D eigenvalue weighted by atomic mass is 10.2. The van der Waals surface area contributed by atoms with E-state index in [1.54, 1.807) is 12.1 Å². The van der Waals surface area contributed by atoms with E-state index in [4.69, 9.17) is 11.5 Å². The lowest BCUT2D eigenvalue weighted by Gasteiger charge is -1.95. The summed E-state index contributed by atoms with van der Waals surface area (Å²) in [5.41, 5.74) is 10.8. The first kappa shape index (κ1) is 9.18. The van der Waals surface area contributed by atoms with E-state index in [2.05, 4.69) is 9.98 Å². The molecule has 0 saturated carbocycles. The Balaban J connectivity index is 2.94. The number of carbonyl (C=O) groups excluding carboxylic acids is 1. The zero-order chi connectivity index (χ0) is 9.84. The number of aromatic nitrogens is 1. The Morgan fingerprint density at radius 2 is 2.15 bits per heavy atom. The van der Waals surface area contributed by atoms with E-state index < -0.39 is 0 Å².